The number of halogens is 2. The number of hydrogen-bond acceptors (Lipinski definition) is 2. The Morgan fingerprint density at radius 2 is 1.73 bits per heavy atom. The van der Waals surface area contributed by atoms with Gasteiger partial charge in [0.1, 0.15) is 17.4 Å². The summed E-state index contributed by atoms with van der Waals surface area (Å²) in [6.07, 6.45) is -0.0747. The Labute approximate surface area is 87.5 Å². The minimum absolute atomic E-state index is 0.0747. The van der Waals surface area contributed by atoms with Crippen molar-refractivity contribution in [3.05, 3.63) is 29.3 Å². The van der Waals surface area contributed by atoms with E-state index >= 15 is 0 Å². The summed E-state index contributed by atoms with van der Waals surface area (Å²) < 4.78 is 31.5. The van der Waals surface area contributed by atoms with Crippen LogP contribution in [0.3, 0.4) is 0 Å². The van der Waals surface area contributed by atoms with E-state index in [1.54, 1.807) is 0 Å². The highest BCUT2D eigenvalue weighted by molar-refractivity contribution is 5.31. The van der Waals surface area contributed by atoms with Crippen LogP contribution in [0, 0.1) is 11.6 Å². The molecule has 0 radical (unpaired) electrons. The van der Waals surface area contributed by atoms with E-state index in [9.17, 15) is 13.9 Å². The molecule has 0 fully saturated rings. The van der Waals surface area contributed by atoms with E-state index in [-0.39, 0.29) is 17.7 Å². The molecule has 2 nitrogen and oxygen atoms in total. The first kappa shape index (κ1) is 11.9. The maximum absolute atomic E-state index is 13.4. The lowest BCUT2D eigenvalue weighted by molar-refractivity contribution is 0.0789. The number of benzene rings is 1. The smallest absolute Gasteiger partial charge is 0.133 e. The molecule has 0 bridgehead atoms. The SMILES string of the molecule is COc1cc(F)c(CC(C)(C)O)c(F)c1. The van der Waals surface area contributed by atoms with E-state index in [1.165, 1.54) is 21.0 Å². The normalized spacial score (nSPS) is 11.6. The Morgan fingerprint density at radius 1 is 1.27 bits per heavy atom. The van der Waals surface area contributed by atoms with Gasteiger partial charge in [0.25, 0.3) is 0 Å². The standard InChI is InChI=1S/C11H14F2O2/c1-11(2,14)6-8-9(12)4-7(15-3)5-10(8)13/h4-5,14H,6H2,1-3H3. The van der Waals surface area contributed by atoms with Gasteiger partial charge in [-0.3, -0.25) is 0 Å². The lowest BCUT2D eigenvalue weighted by atomic mass is 9.98. The van der Waals surface area contributed by atoms with Gasteiger partial charge < -0.3 is 9.84 Å². The predicted molar refractivity (Wildman–Crippen MR) is 52.9 cm³/mol. The van der Waals surface area contributed by atoms with Crippen molar-refractivity contribution in [2.24, 2.45) is 0 Å². The van der Waals surface area contributed by atoms with Gasteiger partial charge in [0.15, 0.2) is 0 Å². The third-order valence-corrected chi connectivity index (χ3v) is 1.96. The Bertz CT molecular complexity index is 333. The molecule has 0 heterocycles. The van der Waals surface area contributed by atoms with Crippen LogP contribution in [-0.4, -0.2) is 17.8 Å². The van der Waals surface area contributed by atoms with Crippen LogP contribution in [0.4, 0.5) is 8.78 Å². The number of hydrogen-bond donors (Lipinski definition) is 1. The van der Waals surface area contributed by atoms with E-state index in [0.717, 1.165) is 12.1 Å². The third-order valence-electron chi connectivity index (χ3n) is 1.96. The average molecular weight is 216 g/mol. The fourth-order valence-electron chi connectivity index (χ4n) is 1.30. The number of ether oxygens (including phenoxy) is 1. The molecule has 0 atom stereocenters. The van der Waals surface area contributed by atoms with Crippen molar-refractivity contribution < 1.29 is 18.6 Å². The maximum atomic E-state index is 13.4. The molecular formula is C11H14F2O2. The Morgan fingerprint density at radius 3 is 2.07 bits per heavy atom. The summed E-state index contributed by atoms with van der Waals surface area (Å²) in [5.74, 6) is -1.27. The van der Waals surface area contributed by atoms with Crippen molar-refractivity contribution in [2.75, 3.05) is 7.11 Å². The Balaban J connectivity index is 3.09. The molecule has 15 heavy (non-hydrogen) atoms. The minimum atomic E-state index is -1.14. The zero-order valence-corrected chi connectivity index (χ0v) is 8.97. The molecule has 0 aliphatic rings. The zero-order chi connectivity index (χ0) is 11.6. The van der Waals surface area contributed by atoms with Crippen molar-refractivity contribution in [1.29, 1.82) is 0 Å². The van der Waals surface area contributed by atoms with Crippen molar-refractivity contribution in [3.8, 4) is 5.75 Å². The van der Waals surface area contributed by atoms with E-state index in [0.29, 0.717) is 0 Å². The lowest BCUT2D eigenvalue weighted by Gasteiger charge is -2.18. The Kier molecular flexibility index (Phi) is 3.29. The first-order chi connectivity index (χ1) is 6.83. The Hall–Kier alpha value is -1.16. The van der Waals surface area contributed by atoms with Crippen LogP contribution in [0.5, 0.6) is 5.75 Å². The highest BCUT2D eigenvalue weighted by Gasteiger charge is 2.20. The van der Waals surface area contributed by atoms with Crippen LogP contribution in [0.2, 0.25) is 0 Å². The maximum Gasteiger partial charge on any atom is 0.133 e. The summed E-state index contributed by atoms with van der Waals surface area (Å²) in [7, 11) is 1.34. The third kappa shape index (κ3) is 3.16. The van der Waals surface area contributed by atoms with Crippen LogP contribution in [0.25, 0.3) is 0 Å². The molecule has 1 N–H and O–H groups in total. The molecule has 0 saturated carbocycles. The highest BCUT2D eigenvalue weighted by Crippen LogP contribution is 2.23. The van der Waals surface area contributed by atoms with Gasteiger partial charge in [-0.15, -0.1) is 0 Å². The topological polar surface area (TPSA) is 29.5 Å². The summed E-state index contributed by atoms with van der Waals surface area (Å²) in [5.41, 5.74) is -1.26. The van der Waals surface area contributed by atoms with Gasteiger partial charge in [0.2, 0.25) is 0 Å². The predicted octanol–water partition coefficient (Wildman–Crippen LogP) is 2.29. The van der Waals surface area contributed by atoms with Crippen LogP contribution < -0.4 is 4.74 Å². The second-order valence-corrected chi connectivity index (χ2v) is 4.06. The molecule has 0 aromatic heterocycles. The molecule has 0 saturated heterocycles. The van der Waals surface area contributed by atoms with Crippen molar-refractivity contribution >= 4 is 0 Å². The number of rotatable bonds is 3. The first-order valence-electron chi connectivity index (χ1n) is 4.58. The highest BCUT2D eigenvalue weighted by atomic mass is 19.1. The molecule has 0 aliphatic heterocycles. The van der Waals surface area contributed by atoms with Crippen LogP contribution in [0.1, 0.15) is 19.4 Å². The lowest BCUT2D eigenvalue weighted by Crippen LogP contribution is -2.23. The molecular weight excluding hydrogens is 202 g/mol. The molecule has 0 amide bonds. The van der Waals surface area contributed by atoms with Gasteiger partial charge in [-0.1, -0.05) is 0 Å². The minimum Gasteiger partial charge on any atom is -0.497 e. The van der Waals surface area contributed by atoms with E-state index in [1.807, 2.05) is 0 Å². The van der Waals surface area contributed by atoms with Gasteiger partial charge >= 0.3 is 0 Å². The fourth-order valence-corrected chi connectivity index (χ4v) is 1.30. The van der Waals surface area contributed by atoms with Gasteiger partial charge in [0, 0.05) is 24.1 Å². The monoisotopic (exact) mass is 216 g/mol. The summed E-state index contributed by atoms with van der Waals surface area (Å²) in [5, 5.41) is 9.48. The first-order valence-corrected chi connectivity index (χ1v) is 4.58. The fraction of sp³-hybridized carbons (Fsp3) is 0.455. The van der Waals surface area contributed by atoms with Crippen molar-refractivity contribution in [3.63, 3.8) is 0 Å². The molecule has 1 aromatic carbocycles. The van der Waals surface area contributed by atoms with Crippen molar-refractivity contribution in [1.82, 2.24) is 0 Å². The summed E-state index contributed by atoms with van der Waals surface area (Å²) in [6.45, 7) is 2.99. The quantitative estimate of drug-likeness (QED) is 0.840. The van der Waals surface area contributed by atoms with Gasteiger partial charge in [-0.05, 0) is 13.8 Å². The average Bonchev–Trinajstić information content (AvgIpc) is 2.09. The summed E-state index contributed by atoms with van der Waals surface area (Å²) in [6, 6.07) is 2.20. The number of methoxy groups -OCH3 is 1. The van der Waals surface area contributed by atoms with E-state index in [4.69, 9.17) is 4.74 Å². The van der Waals surface area contributed by atoms with Gasteiger partial charge in [-0.2, -0.15) is 0 Å². The molecule has 4 heteroatoms. The van der Waals surface area contributed by atoms with Crippen LogP contribution in [0.15, 0.2) is 12.1 Å². The second kappa shape index (κ2) is 4.14. The van der Waals surface area contributed by atoms with Crippen molar-refractivity contribution in [2.45, 2.75) is 25.9 Å². The van der Waals surface area contributed by atoms with Gasteiger partial charge in [-0.25, -0.2) is 8.78 Å². The van der Waals surface area contributed by atoms with E-state index in [2.05, 4.69) is 0 Å². The summed E-state index contributed by atoms with van der Waals surface area (Å²) >= 11 is 0. The largest absolute Gasteiger partial charge is 0.497 e. The molecule has 0 spiro atoms. The summed E-state index contributed by atoms with van der Waals surface area (Å²) in [4.78, 5) is 0. The molecule has 1 aromatic rings. The zero-order valence-electron chi connectivity index (χ0n) is 8.97. The van der Waals surface area contributed by atoms with E-state index < -0.39 is 17.2 Å². The molecule has 0 aliphatic carbocycles. The van der Waals surface area contributed by atoms with Crippen LogP contribution in [-0.2, 0) is 6.42 Å². The van der Waals surface area contributed by atoms with Gasteiger partial charge in [0.05, 0.1) is 12.7 Å². The number of aliphatic hydroxyl groups is 1. The molecule has 0 unspecified atom stereocenters. The second-order valence-electron chi connectivity index (χ2n) is 4.06. The molecule has 1 rings (SSSR count). The van der Waals surface area contributed by atoms with Crippen LogP contribution >= 0.6 is 0 Å². The molecule has 84 valence electrons.